The van der Waals surface area contributed by atoms with Crippen LogP contribution in [0.5, 0.6) is 11.5 Å². The maximum absolute atomic E-state index is 12.7. The summed E-state index contributed by atoms with van der Waals surface area (Å²) < 4.78 is 12.5. The molecule has 1 amide bonds. The minimum absolute atomic E-state index is 0.0126. The highest BCUT2D eigenvalue weighted by Gasteiger charge is 2.22. The van der Waals surface area contributed by atoms with Crippen molar-refractivity contribution >= 4 is 5.91 Å². The molecule has 30 heavy (non-hydrogen) atoms. The molecular weight excluding hydrogens is 384 g/mol. The Bertz CT molecular complexity index is 1050. The number of nitrogens with zero attached hydrogens (tertiary/aromatic N) is 3. The molecule has 1 aliphatic rings. The molecule has 0 spiro atoms. The summed E-state index contributed by atoms with van der Waals surface area (Å²) >= 11 is 0. The molecule has 1 atom stereocenters. The fourth-order valence-electron chi connectivity index (χ4n) is 3.37. The lowest BCUT2D eigenvalue weighted by Gasteiger charge is -2.24. The van der Waals surface area contributed by atoms with Crippen LogP contribution in [0, 0.1) is 31.1 Å². The number of amides is 1. The van der Waals surface area contributed by atoms with E-state index in [0.29, 0.717) is 36.0 Å². The molecule has 3 rings (SSSR count). The number of benzene rings is 1. The summed E-state index contributed by atoms with van der Waals surface area (Å²) in [6.07, 6.45) is 0.816. The number of ether oxygens (including phenoxy) is 2. The molecule has 0 saturated heterocycles. The van der Waals surface area contributed by atoms with Gasteiger partial charge in [-0.25, -0.2) is 4.68 Å². The van der Waals surface area contributed by atoms with Gasteiger partial charge in [-0.3, -0.25) is 9.59 Å². The lowest BCUT2D eigenvalue weighted by Crippen LogP contribution is -2.38. The zero-order chi connectivity index (χ0) is 21.8. The molecule has 0 unspecified atom stereocenters. The van der Waals surface area contributed by atoms with E-state index < -0.39 is 5.56 Å². The third-order valence-electron chi connectivity index (χ3n) is 5.16. The van der Waals surface area contributed by atoms with Crippen molar-refractivity contribution in [2.75, 3.05) is 13.2 Å². The van der Waals surface area contributed by atoms with Gasteiger partial charge in [0.05, 0.1) is 24.9 Å². The Balaban J connectivity index is 1.82. The van der Waals surface area contributed by atoms with E-state index in [1.165, 1.54) is 0 Å². The van der Waals surface area contributed by atoms with Gasteiger partial charge in [0.2, 0.25) is 5.91 Å². The molecule has 1 N–H and O–H groups in total. The Morgan fingerprint density at radius 1 is 1.27 bits per heavy atom. The van der Waals surface area contributed by atoms with Gasteiger partial charge in [-0.1, -0.05) is 19.9 Å². The van der Waals surface area contributed by atoms with Gasteiger partial charge in [-0.15, -0.1) is 0 Å². The van der Waals surface area contributed by atoms with Gasteiger partial charge in [0, 0.05) is 6.42 Å². The maximum Gasteiger partial charge on any atom is 0.285 e. The normalized spacial score (nSPS) is 14.0. The molecule has 1 aromatic carbocycles. The number of aryl methyl sites for hydroxylation is 1. The van der Waals surface area contributed by atoms with Crippen LogP contribution in [0.4, 0.5) is 0 Å². The minimum atomic E-state index is -0.563. The number of aromatic nitrogens is 2. The van der Waals surface area contributed by atoms with Crippen LogP contribution in [0.1, 0.15) is 48.7 Å². The molecule has 1 aromatic heterocycles. The number of nitriles is 1. The van der Waals surface area contributed by atoms with Crippen LogP contribution >= 0.6 is 0 Å². The number of nitrogens with one attached hydrogen (secondary N) is 1. The van der Waals surface area contributed by atoms with Gasteiger partial charge in [0.15, 0.2) is 11.5 Å². The van der Waals surface area contributed by atoms with E-state index in [1.807, 2.05) is 38.1 Å². The first-order chi connectivity index (χ1) is 14.3. The van der Waals surface area contributed by atoms with Gasteiger partial charge in [0.25, 0.3) is 5.56 Å². The Kier molecular flexibility index (Phi) is 6.40. The molecule has 8 nitrogen and oxygen atoms in total. The number of hydrogen-bond acceptors (Lipinski definition) is 6. The fraction of sp³-hybridized carbons (Fsp3) is 0.455. The van der Waals surface area contributed by atoms with Crippen molar-refractivity contribution in [2.24, 2.45) is 5.92 Å². The molecule has 2 aromatic rings. The summed E-state index contributed by atoms with van der Waals surface area (Å²) in [6.45, 7) is 8.31. The van der Waals surface area contributed by atoms with Crippen LogP contribution in [0.25, 0.3) is 0 Å². The largest absolute Gasteiger partial charge is 0.490 e. The molecule has 8 heteroatoms. The summed E-state index contributed by atoms with van der Waals surface area (Å²) in [5.74, 6) is 1.09. The second-order valence-corrected chi connectivity index (χ2v) is 7.71. The van der Waals surface area contributed by atoms with Crippen LogP contribution in [-0.2, 0) is 11.3 Å². The predicted molar refractivity (Wildman–Crippen MR) is 110 cm³/mol. The molecule has 0 fully saturated rings. The second kappa shape index (κ2) is 8.99. The fourth-order valence-corrected chi connectivity index (χ4v) is 3.37. The topological polar surface area (TPSA) is 106 Å². The molecule has 0 saturated carbocycles. The monoisotopic (exact) mass is 410 g/mol. The van der Waals surface area contributed by atoms with E-state index in [0.717, 1.165) is 16.7 Å². The Morgan fingerprint density at radius 2 is 1.97 bits per heavy atom. The van der Waals surface area contributed by atoms with E-state index in [9.17, 15) is 14.9 Å². The number of carbonyl (C=O) groups is 1. The summed E-state index contributed by atoms with van der Waals surface area (Å²) in [5.41, 5.74) is 1.42. The van der Waals surface area contributed by atoms with Crippen molar-refractivity contribution in [3.63, 3.8) is 0 Å². The predicted octanol–water partition coefficient (Wildman–Crippen LogP) is 2.41. The molecular formula is C22H26N4O4. The van der Waals surface area contributed by atoms with Gasteiger partial charge in [-0.05, 0) is 43.0 Å². The summed E-state index contributed by atoms with van der Waals surface area (Å²) in [4.78, 5) is 25.2. The maximum atomic E-state index is 12.7. The first kappa shape index (κ1) is 21.4. The third-order valence-corrected chi connectivity index (χ3v) is 5.16. The van der Waals surface area contributed by atoms with Crippen molar-refractivity contribution in [1.29, 1.82) is 5.26 Å². The molecule has 0 aliphatic carbocycles. The van der Waals surface area contributed by atoms with Crippen molar-refractivity contribution < 1.29 is 14.3 Å². The highest BCUT2D eigenvalue weighted by molar-refractivity contribution is 5.76. The zero-order valence-corrected chi connectivity index (χ0v) is 17.7. The van der Waals surface area contributed by atoms with E-state index in [4.69, 9.17) is 9.47 Å². The van der Waals surface area contributed by atoms with Gasteiger partial charge in [0.1, 0.15) is 18.2 Å². The smallest absolute Gasteiger partial charge is 0.285 e. The molecule has 0 bridgehead atoms. The van der Waals surface area contributed by atoms with Crippen LogP contribution in [0.15, 0.2) is 23.0 Å². The second-order valence-electron chi connectivity index (χ2n) is 7.71. The van der Waals surface area contributed by atoms with Crippen LogP contribution < -0.4 is 20.3 Å². The quantitative estimate of drug-likeness (QED) is 0.811. The highest BCUT2D eigenvalue weighted by Crippen LogP contribution is 2.34. The van der Waals surface area contributed by atoms with Crippen molar-refractivity contribution in [2.45, 2.75) is 46.7 Å². The first-order valence-corrected chi connectivity index (χ1v) is 9.99. The Hall–Kier alpha value is -3.34. The number of rotatable bonds is 5. The van der Waals surface area contributed by atoms with Crippen molar-refractivity contribution in [1.82, 2.24) is 15.1 Å². The lowest BCUT2D eigenvalue weighted by molar-refractivity contribution is -0.123. The number of hydrogen-bond donors (Lipinski definition) is 1. The summed E-state index contributed by atoms with van der Waals surface area (Å²) in [5, 5.41) is 16.4. The molecule has 2 heterocycles. The number of fused-ring (bicyclic) bond motifs is 1. The minimum Gasteiger partial charge on any atom is -0.490 e. The van der Waals surface area contributed by atoms with E-state index in [2.05, 4.69) is 10.4 Å². The standard InChI is InChI=1S/C22H26N4O4/c1-13(2)21(16-6-7-18-19(10-16)30-9-5-8-29-18)24-20(27)12-26-22(28)17(11-23)14(3)15(4)25-26/h6-7,10,13,21H,5,8-9,12H2,1-4H3,(H,24,27)/t21-/m0/s1. The van der Waals surface area contributed by atoms with E-state index in [-0.39, 0.29) is 30.0 Å². The van der Waals surface area contributed by atoms with Gasteiger partial charge >= 0.3 is 0 Å². The molecule has 0 radical (unpaired) electrons. The summed E-state index contributed by atoms with van der Waals surface area (Å²) in [7, 11) is 0. The zero-order valence-electron chi connectivity index (χ0n) is 17.7. The van der Waals surface area contributed by atoms with Gasteiger partial charge in [-0.2, -0.15) is 10.4 Å². The average Bonchev–Trinajstić information content (AvgIpc) is 2.95. The van der Waals surface area contributed by atoms with Crippen molar-refractivity contribution in [3.8, 4) is 17.6 Å². The molecule has 158 valence electrons. The Morgan fingerprint density at radius 3 is 2.63 bits per heavy atom. The van der Waals surface area contributed by atoms with E-state index in [1.54, 1.807) is 13.8 Å². The molecule has 1 aliphatic heterocycles. The number of carbonyl (C=O) groups excluding carboxylic acids is 1. The summed E-state index contributed by atoms with van der Waals surface area (Å²) in [6, 6.07) is 7.27. The van der Waals surface area contributed by atoms with Crippen LogP contribution in [-0.4, -0.2) is 28.9 Å². The van der Waals surface area contributed by atoms with Gasteiger partial charge < -0.3 is 14.8 Å². The SMILES string of the molecule is Cc1nn(CC(=O)N[C@H](c2ccc3c(c2)OCCCO3)C(C)C)c(=O)c(C#N)c1C. The average molecular weight is 410 g/mol. The third kappa shape index (κ3) is 4.46. The first-order valence-electron chi connectivity index (χ1n) is 9.99. The van der Waals surface area contributed by atoms with E-state index >= 15 is 0 Å². The lowest BCUT2D eigenvalue weighted by atomic mass is 9.95. The Labute approximate surface area is 175 Å². The van der Waals surface area contributed by atoms with Crippen LogP contribution in [0.2, 0.25) is 0 Å². The van der Waals surface area contributed by atoms with Crippen molar-refractivity contribution in [3.05, 3.63) is 50.9 Å². The van der Waals surface area contributed by atoms with Crippen LogP contribution in [0.3, 0.4) is 0 Å². The highest BCUT2D eigenvalue weighted by atomic mass is 16.5.